The first-order chi connectivity index (χ1) is 14.1. The van der Waals surface area contributed by atoms with Gasteiger partial charge in [0.1, 0.15) is 5.75 Å². The number of phenols is 1. The van der Waals surface area contributed by atoms with Gasteiger partial charge in [-0.05, 0) is 42.5 Å². The third-order valence-electron chi connectivity index (χ3n) is 6.03. The van der Waals surface area contributed by atoms with Gasteiger partial charge in [-0.1, -0.05) is 30.7 Å². The zero-order valence-electron chi connectivity index (χ0n) is 16.0. The van der Waals surface area contributed by atoms with Crippen LogP contribution in [0.15, 0.2) is 30.3 Å². The maximum absolute atomic E-state index is 14.2. The molecule has 1 amide bonds. The van der Waals surface area contributed by atoms with Crippen molar-refractivity contribution in [2.24, 2.45) is 0 Å². The van der Waals surface area contributed by atoms with Crippen molar-refractivity contribution in [2.45, 2.75) is 49.9 Å². The van der Waals surface area contributed by atoms with Crippen LogP contribution in [-0.4, -0.2) is 27.9 Å². The Hall–Kier alpha value is -2.45. The van der Waals surface area contributed by atoms with Crippen LogP contribution in [0.25, 0.3) is 0 Å². The molecule has 0 unspecified atom stereocenters. The van der Waals surface area contributed by atoms with E-state index in [9.17, 15) is 28.2 Å². The highest BCUT2D eigenvalue weighted by molar-refractivity contribution is 6.32. The molecular formula is C21H20ClF3N2O3. The van der Waals surface area contributed by atoms with Crippen LogP contribution in [-0.2, 0) is 11.2 Å². The molecule has 0 radical (unpaired) electrons. The summed E-state index contributed by atoms with van der Waals surface area (Å²) < 4.78 is 42.5. The van der Waals surface area contributed by atoms with E-state index in [1.807, 2.05) is 0 Å². The van der Waals surface area contributed by atoms with Gasteiger partial charge in [0.15, 0.2) is 5.60 Å². The molecule has 0 fully saturated rings. The van der Waals surface area contributed by atoms with E-state index < -0.39 is 30.2 Å². The van der Waals surface area contributed by atoms with Gasteiger partial charge in [0.2, 0.25) is 5.91 Å². The molecular weight excluding hydrogens is 421 g/mol. The molecule has 0 saturated heterocycles. The molecule has 1 aliphatic heterocycles. The van der Waals surface area contributed by atoms with Crippen molar-refractivity contribution in [2.75, 3.05) is 10.6 Å². The predicted molar refractivity (Wildman–Crippen MR) is 107 cm³/mol. The van der Waals surface area contributed by atoms with Gasteiger partial charge in [-0.15, -0.1) is 0 Å². The van der Waals surface area contributed by atoms with Crippen molar-refractivity contribution in [1.29, 1.82) is 0 Å². The zero-order chi connectivity index (χ0) is 21.8. The fraction of sp³-hybridized carbons (Fsp3) is 0.381. The summed E-state index contributed by atoms with van der Waals surface area (Å²) in [5.74, 6) is -1.26. The lowest BCUT2D eigenvalue weighted by atomic mass is 9.69. The molecule has 30 heavy (non-hydrogen) atoms. The number of halogens is 4. The minimum atomic E-state index is -4.93. The van der Waals surface area contributed by atoms with Gasteiger partial charge in [-0.25, -0.2) is 0 Å². The van der Waals surface area contributed by atoms with Gasteiger partial charge in [-0.2, -0.15) is 13.2 Å². The molecule has 2 aromatic rings. The summed E-state index contributed by atoms with van der Waals surface area (Å²) >= 11 is 6.03. The molecule has 2 aromatic carbocycles. The Balaban J connectivity index is 1.89. The number of aromatic hydroxyl groups is 1. The smallest absolute Gasteiger partial charge is 0.419 e. The molecule has 2 aliphatic rings. The third-order valence-corrected chi connectivity index (χ3v) is 6.33. The first-order valence-electron chi connectivity index (χ1n) is 9.55. The summed E-state index contributed by atoms with van der Waals surface area (Å²) in [5, 5.41) is 27.0. The van der Waals surface area contributed by atoms with Crippen molar-refractivity contribution < 1.29 is 28.2 Å². The normalized spacial score (nSPS) is 25.5. The Morgan fingerprint density at radius 1 is 1.30 bits per heavy atom. The molecule has 160 valence electrons. The largest absolute Gasteiger partial charge is 0.506 e. The number of fused-ring (bicyclic) bond motifs is 2. The molecule has 1 aliphatic carbocycles. The Kier molecular flexibility index (Phi) is 4.90. The minimum Gasteiger partial charge on any atom is -0.506 e. The van der Waals surface area contributed by atoms with Gasteiger partial charge < -0.3 is 20.8 Å². The number of hydrogen-bond donors (Lipinski definition) is 4. The molecule has 4 N–H and O–H groups in total. The summed E-state index contributed by atoms with van der Waals surface area (Å²) in [6, 6.07) is 5.96. The van der Waals surface area contributed by atoms with Crippen molar-refractivity contribution >= 4 is 28.9 Å². The SMILES string of the molecule is CC[C@@H]1C[C@@](O)(C(F)(F)F)[C@H](Nc2cccc3c2CC(=O)N3)c2ccc(Cl)c(O)c21. The van der Waals surface area contributed by atoms with Gasteiger partial charge in [0.05, 0.1) is 17.5 Å². The number of rotatable bonds is 3. The molecule has 0 bridgehead atoms. The van der Waals surface area contributed by atoms with E-state index in [0.29, 0.717) is 22.5 Å². The molecule has 3 atom stereocenters. The van der Waals surface area contributed by atoms with E-state index in [2.05, 4.69) is 10.6 Å². The number of aliphatic hydroxyl groups is 1. The van der Waals surface area contributed by atoms with Crippen LogP contribution < -0.4 is 10.6 Å². The minimum absolute atomic E-state index is 0.0198. The lowest BCUT2D eigenvalue weighted by Gasteiger charge is -2.46. The van der Waals surface area contributed by atoms with Gasteiger partial charge in [0, 0.05) is 22.5 Å². The highest BCUT2D eigenvalue weighted by Crippen LogP contribution is 2.56. The van der Waals surface area contributed by atoms with Crippen LogP contribution in [0.1, 0.15) is 48.4 Å². The Labute approximate surface area is 175 Å². The molecule has 5 nitrogen and oxygen atoms in total. The number of carbonyl (C=O) groups is 1. The number of phenolic OH excluding ortho intramolecular Hbond substituents is 1. The average molecular weight is 441 g/mol. The summed E-state index contributed by atoms with van der Waals surface area (Å²) in [4.78, 5) is 11.8. The van der Waals surface area contributed by atoms with Crippen LogP contribution in [0.2, 0.25) is 5.02 Å². The quantitative estimate of drug-likeness (QED) is 0.548. The second kappa shape index (κ2) is 7.06. The van der Waals surface area contributed by atoms with Gasteiger partial charge in [0.25, 0.3) is 0 Å². The third kappa shape index (κ3) is 3.09. The Bertz CT molecular complexity index is 1030. The molecule has 0 saturated carbocycles. The zero-order valence-corrected chi connectivity index (χ0v) is 16.7. The number of anilines is 2. The fourth-order valence-electron chi connectivity index (χ4n) is 4.50. The number of amides is 1. The molecule has 0 aromatic heterocycles. The van der Waals surface area contributed by atoms with Crippen LogP contribution in [0, 0.1) is 0 Å². The first-order valence-corrected chi connectivity index (χ1v) is 9.93. The van der Waals surface area contributed by atoms with E-state index in [4.69, 9.17) is 11.6 Å². The standard InChI is InChI=1S/C21H20ClF3N2O3/c1-2-10-9-20(30,21(23,24)25)19(11-6-7-13(22)18(29)17(10)11)27-15-5-3-4-14-12(15)8-16(28)26-14/h3-7,10,19,27,29-30H,2,8-9H2,1H3,(H,26,28)/t10-,19-,20+/m1/s1. The maximum atomic E-state index is 14.2. The van der Waals surface area contributed by atoms with E-state index in [1.54, 1.807) is 25.1 Å². The van der Waals surface area contributed by atoms with Crippen LogP contribution >= 0.6 is 11.6 Å². The van der Waals surface area contributed by atoms with Crippen molar-refractivity contribution in [3.63, 3.8) is 0 Å². The number of nitrogens with one attached hydrogen (secondary N) is 2. The lowest BCUT2D eigenvalue weighted by molar-refractivity contribution is -0.272. The average Bonchev–Trinajstić information content (AvgIpc) is 3.06. The highest BCUT2D eigenvalue weighted by atomic mass is 35.5. The fourth-order valence-corrected chi connectivity index (χ4v) is 4.66. The van der Waals surface area contributed by atoms with E-state index in [1.165, 1.54) is 12.1 Å². The van der Waals surface area contributed by atoms with Crippen LogP contribution in [0.4, 0.5) is 24.5 Å². The predicted octanol–water partition coefficient (Wildman–Crippen LogP) is 4.88. The summed E-state index contributed by atoms with van der Waals surface area (Å²) in [7, 11) is 0. The molecule has 4 rings (SSSR count). The van der Waals surface area contributed by atoms with Crippen molar-refractivity contribution in [3.05, 3.63) is 52.0 Å². The highest BCUT2D eigenvalue weighted by Gasteiger charge is 2.62. The number of alkyl halides is 3. The van der Waals surface area contributed by atoms with Crippen molar-refractivity contribution in [3.8, 4) is 5.75 Å². The monoisotopic (exact) mass is 440 g/mol. The molecule has 9 heteroatoms. The summed E-state index contributed by atoms with van der Waals surface area (Å²) in [6.45, 7) is 1.70. The Morgan fingerprint density at radius 3 is 2.70 bits per heavy atom. The van der Waals surface area contributed by atoms with E-state index in [-0.39, 0.29) is 35.1 Å². The number of benzene rings is 2. The van der Waals surface area contributed by atoms with Crippen LogP contribution in [0.3, 0.4) is 0 Å². The maximum Gasteiger partial charge on any atom is 0.419 e. The topological polar surface area (TPSA) is 81.6 Å². The van der Waals surface area contributed by atoms with E-state index in [0.717, 1.165) is 0 Å². The second-order valence-electron chi connectivity index (χ2n) is 7.76. The Morgan fingerprint density at radius 2 is 2.03 bits per heavy atom. The van der Waals surface area contributed by atoms with Gasteiger partial charge in [-0.3, -0.25) is 4.79 Å². The summed E-state index contributed by atoms with van der Waals surface area (Å²) in [6.07, 6.45) is -5.26. The number of carbonyl (C=O) groups excluding carboxylic acids is 1. The lowest BCUT2D eigenvalue weighted by Crippen LogP contribution is -2.55. The second-order valence-corrected chi connectivity index (χ2v) is 8.17. The first kappa shape index (κ1) is 20.8. The molecule has 1 heterocycles. The van der Waals surface area contributed by atoms with Crippen molar-refractivity contribution in [1.82, 2.24) is 0 Å². The number of hydrogen-bond acceptors (Lipinski definition) is 4. The van der Waals surface area contributed by atoms with Crippen LogP contribution in [0.5, 0.6) is 5.75 Å². The van der Waals surface area contributed by atoms with E-state index >= 15 is 0 Å². The van der Waals surface area contributed by atoms with Gasteiger partial charge >= 0.3 is 6.18 Å². The summed E-state index contributed by atoms with van der Waals surface area (Å²) in [5.41, 5.74) is -1.29. The molecule has 0 spiro atoms.